The summed E-state index contributed by atoms with van der Waals surface area (Å²) in [6.07, 6.45) is 2.99. The second-order valence-electron chi connectivity index (χ2n) is 4.79. The Hall–Kier alpha value is -1.40. The minimum absolute atomic E-state index is 0.332. The fourth-order valence-corrected chi connectivity index (χ4v) is 2.65. The van der Waals surface area contributed by atoms with Crippen molar-refractivity contribution >= 4 is 11.8 Å². The molecule has 1 atom stereocenters. The number of hydrogen-bond donors (Lipinski definition) is 1. The number of pyridine rings is 1. The van der Waals surface area contributed by atoms with Crippen molar-refractivity contribution in [1.82, 2.24) is 25.1 Å². The van der Waals surface area contributed by atoms with E-state index in [2.05, 4.69) is 46.5 Å². The van der Waals surface area contributed by atoms with Crippen molar-refractivity contribution in [3.8, 4) is 0 Å². The van der Waals surface area contributed by atoms with Crippen LogP contribution in [0.5, 0.6) is 0 Å². The summed E-state index contributed by atoms with van der Waals surface area (Å²) in [6.45, 7) is 7.31. The highest BCUT2D eigenvalue weighted by molar-refractivity contribution is 7.99. The molecule has 0 radical (unpaired) electrons. The molecule has 0 saturated carbocycles. The first kappa shape index (κ1) is 15.0. The van der Waals surface area contributed by atoms with Crippen molar-refractivity contribution in [2.45, 2.75) is 43.4 Å². The van der Waals surface area contributed by atoms with Gasteiger partial charge in [-0.05, 0) is 56.3 Å². The van der Waals surface area contributed by atoms with Crippen LogP contribution in [0, 0.1) is 6.92 Å². The zero-order chi connectivity index (χ0) is 14.5. The van der Waals surface area contributed by atoms with Crippen LogP contribution < -0.4 is 5.32 Å². The molecule has 2 rings (SSSR count). The van der Waals surface area contributed by atoms with E-state index >= 15 is 0 Å². The van der Waals surface area contributed by atoms with Crippen LogP contribution in [0.2, 0.25) is 0 Å². The van der Waals surface area contributed by atoms with Crippen LogP contribution in [0.1, 0.15) is 37.7 Å². The lowest BCUT2D eigenvalue weighted by Crippen LogP contribution is -2.19. The highest BCUT2D eigenvalue weighted by atomic mass is 32.2. The maximum absolute atomic E-state index is 4.40. The third-order valence-electron chi connectivity index (χ3n) is 3.21. The maximum Gasteiger partial charge on any atom is 0.197 e. The first-order valence-corrected chi connectivity index (χ1v) is 7.66. The average Bonchev–Trinajstić information content (AvgIpc) is 2.77. The number of rotatable bonds is 6. The number of aryl methyl sites for hydroxylation is 1. The summed E-state index contributed by atoms with van der Waals surface area (Å²) < 4.78 is 1.97. The van der Waals surface area contributed by atoms with E-state index in [4.69, 9.17) is 0 Å². The minimum atomic E-state index is 0.332. The van der Waals surface area contributed by atoms with Crippen LogP contribution in [0.4, 0.5) is 0 Å². The van der Waals surface area contributed by atoms with Gasteiger partial charge in [0, 0.05) is 19.3 Å². The lowest BCUT2D eigenvalue weighted by molar-refractivity contribution is 0.569. The van der Waals surface area contributed by atoms with Crippen LogP contribution in [0.25, 0.3) is 0 Å². The van der Waals surface area contributed by atoms with Gasteiger partial charge in [-0.15, -0.1) is 10.2 Å². The summed E-state index contributed by atoms with van der Waals surface area (Å²) in [4.78, 5) is 4.40. The zero-order valence-electron chi connectivity index (χ0n) is 12.4. The van der Waals surface area contributed by atoms with Crippen molar-refractivity contribution in [2.75, 3.05) is 6.54 Å². The summed E-state index contributed by atoms with van der Waals surface area (Å²) in [7, 11) is 1.97. The van der Waals surface area contributed by atoms with Gasteiger partial charge in [0.25, 0.3) is 0 Å². The summed E-state index contributed by atoms with van der Waals surface area (Å²) in [5, 5.41) is 13.5. The Morgan fingerprint density at radius 2 is 2.20 bits per heavy atom. The summed E-state index contributed by atoms with van der Waals surface area (Å²) in [5.41, 5.74) is 1.25. The Morgan fingerprint density at radius 1 is 1.40 bits per heavy atom. The third kappa shape index (κ3) is 3.58. The van der Waals surface area contributed by atoms with Crippen molar-refractivity contribution in [3.63, 3.8) is 0 Å². The molecule has 2 heterocycles. The van der Waals surface area contributed by atoms with E-state index in [9.17, 15) is 0 Å². The van der Waals surface area contributed by atoms with Crippen molar-refractivity contribution in [2.24, 2.45) is 7.05 Å². The van der Waals surface area contributed by atoms with Crippen molar-refractivity contribution in [3.05, 3.63) is 29.7 Å². The highest BCUT2D eigenvalue weighted by Crippen LogP contribution is 2.26. The maximum atomic E-state index is 4.40. The first-order chi connectivity index (χ1) is 9.61. The van der Waals surface area contributed by atoms with E-state index in [0.29, 0.717) is 6.04 Å². The second kappa shape index (κ2) is 6.85. The van der Waals surface area contributed by atoms with E-state index < -0.39 is 0 Å². The third-order valence-corrected chi connectivity index (χ3v) is 4.18. The summed E-state index contributed by atoms with van der Waals surface area (Å²) >= 11 is 1.54. The van der Waals surface area contributed by atoms with Gasteiger partial charge in [-0.25, -0.2) is 4.98 Å². The molecule has 0 fully saturated rings. The van der Waals surface area contributed by atoms with Crippen LogP contribution in [-0.2, 0) is 7.05 Å². The van der Waals surface area contributed by atoms with Gasteiger partial charge in [0.05, 0.1) is 0 Å². The van der Waals surface area contributed by atoms with Crippen LogP contribution in [-0.4, -0.2) is 26.3 Å². The Kier molecular flexibility index (Phi) is 5.14. The molecule has 0 aliphatic heterocycles. The number of nitrogens with zero attached hydrogens (tertiary/aromatic N) is 4. The Morgan fingerprint density at radius 3 is 2.85 bits per heavy atom. The summed E-state index contributed by atoms with van der Waals surface area (Å²) in [6, 6.07) is 4.50. The van der Waals surface area contributed by atoms with Gasteiger partial charge < -0.3 is 9.88 Å². The average molecular weight is 291 g/mol. The van der Waals surface area contributed by atoms with Gasteiger partial charge in [-0.3, -0.25) is 0 Å². The van der Waals surface area contributed by atoms with Crippen molar-refractivity contribution < 1.29 is 0 Å². The zero-order valence-corrected chi connectivity index (χ0v) is 13.2. The molecule has 0 aliphatic rings. The monoisotopic (exact) mass is 291 g/mol. The Balaban J connectivity index is 2.11. The number of hydrogen-bond acceptors (Lipinski definition) is 5. The Bertz CT molecular complexity index is 566. The molecule has 1 unspecified atom stereocenters. The molecule has 0 spiro atoms. The van der Waals surface area contributed by atoms with Crippen LogP contribution in [0.3, 0.4) is 0 Å². The molecule has 0 amide bonds. The molecule has 20 heavy (non-hydrogen) atoms. The molecule has 2 aromatic heterocycles. The lowest BCUT2D eigenvalue weighted by atomic mass is 10.1. The Labute approximate surface area is 124 Å². The SMILES string of the molecule is CCCNC(C)c1ccnc(Sc2nnc(C)n2C)c1. The predicted octanol–water partition coefficient (Wildman–Crippen LogP) is 2.73. The number of aromatic nitrogens is 4. The van der Waals surface area contributed by atoms with E-state index in [1.807, 2.05) is 24.7 Å². The first-order valence-electron chi connectivity index (χ1n) is 6.85. The molecule has 1 N–H and O–H groups in total. The molecular formula is C14H21N5S. The van der Waals surface area contributed by atoms with Gasteiger partial charge in [-0.2, -0.15) is 0 Å². The lowest BCUT2D eigenvalue weighted by Gasteiger charge is -2.14. The highest BCUT2D eigenvalue weighted by Gasteiger charge is 2.10. The number of nitrogens with one attached hydrogen (secondary N) is 1. The molecule has 0 saturated heterocycles. The van der Waals surface area contributed by atoms with E-state index in [0.717, 1.165) is 29.0 Å². The largest absolute Gasteiger partial charge is 0.310 e. The molecule has 0 bridgehead atoms. The molecule has 0 aliphatic carbocycles. The molecular weight excluding hydrogens is 270 g/mol. The summed E-state index contributed by atoms with van der Waals surface area (Å²) in [5.74, 6) is 0.904. The van der Waals surface area contributed by atoms with Gasteiger partial charge in [-0.1, -0.05) is 6.92 Å². The van der Waals surface area contributed by atoms with Gasteiger partial charge in [0.1, 0.15) is 10.9 Å². The van der Waals surface area contributed by atoms with Crippen molar-refractivity contribution in [1.29, 1.82) is 0 Å². The minimum Gasteiger partial charge on any atom is -0.310 e. The molecule has 0 aromatic carbocycles. The van der Waals surface area contributed by atoms with E-state index in [-0.39, 0.29) is 0 Å². The predicted molar refractivity (Wildman–Crippen MR) is 80.8 cm³/mol. The standard InChI is InChI=1S/C14H21N5S/c1-5-7-15-10(2)12-6-8-16-13(9-12)20-14-18-17-11(3)19(14)4/h6,8-10,15H,5,7H2,1-4H3. The normalized spacial score (nSPS) is 12.6. The van der Waals surface area contributed by atoms with Gasteiger partial charge in [0.15, 0.2) is 5.16 Å². The molecule has 108 valence electrons. The van der Waals surface area contributed by atoms with Crippen LogP contribution in [0.15, 0.2) is 28.5 Å². The quantitative estimate of drug-likeness (QED) is 0.887. The fourth-order valence-electron chi connectivity index (χ4n) is 1.80. The topological polar surface area (TPSA) is 55.6 Å². The molecule has 6 heteroatoms. The fraction of sp³-hybridized carbons (Fsp3) is 0.500. The second-order valence-corrected chi connectivity index (χ2v) is 5.78. The van der Waals surface area contributed by atoms with Crippen LogP contribution >= 0.6 is 11.8 Å². The molecule has 2 aromatic rings. The smallest absolute Gasteiger partial charge is 0.197 e. The van der Waals surface area contributed by atoms with E-state index in [1.54, 1.807) is 11.8 Å². The van der Waals surface area contributed by atoms with Gasteiger partial charge in [0.2, 0.25) is 0 Å². The van der Waals surface area contributed by atoms with Gasteiger partial charge >= 0.3 is 0 Å². The molecule has 5 nitrogen and oxygen atoms in total. The van der Waals surface area contributed by atoms with E-state index in [1.165, 1.54) is 5.56 Å².